The van der Waals surface area contributed by atoms with Gasteiger partial charge in [-0.25, -0.2) is 4.79 Å². The summed E-state index contributed by atoms with van der Waals surface area (Å²) in [5.74, 6) is 0.439. The standard InChI is InChI=1S/C12H15N4O4/c1-6-2-7-4-16(12(19)13-11(7)15-14-6)10-3-8(18)9(5-17)20-10/h2-3,8-10,17-18H,4-5H2,1H3,(H,13,15,19)/t8-,9-,10?/m1/s1. The molecule has 0 saturated carbocycles. The van der Waals surface area contributed by atoms with Crippen LogP contribution >= 0.6 is 0 Å². The van der Waals surface area contributed by atoms with E-state index in [0.29, 0.717) is 12.4 Å². The Labute approximate surface area is 115 Å². The molecule has 2 amide bonds. The van der Waals surface area contributed by atoms with Crippen molar-refractivity contribution in [2.45, 2.75) is 31.9 Å². The molecule has 0 aliphatic carbocycles. The van der Waals surface area contributed by atoms with E-state index in [1.54, 1.807) is 0 Å². The van der Waals surface area contributed by atoms with Crippen LogP contribution in [0.25, 0.3) is 0 Å². The van der Waals surface area contributed by atoms with Crippen molar-refractivity contribution in [3.8, 4) is 0 Å². The highest BCUT2D eigenvalue weighted by Gasteiger charge is 2.40. The van der Waals surface area contributed by atoms with E-state index in [2.05, 4.69) is 15.5 Å². The highest BCUT2D eigenvalue weighted by molar-refractivity contribution is 5.91. The maximum absolute atomic E-state index is 12.0. The van der Waals surface area contributed by atoms with Crippen LogP contribution in [0.15, 0.2) is 6.07 Å². The van der Waals surface area contributed by atoms with Gasteiger partial charge in [0.25, 0.3) is 0 Å². The van der Waals surface area contributed by atoms with Gasteiger partial charge in [0.15, 0.2) is 5.82 Å². The SMILES string of the molecule is Cc1cc2c(nn1)NC(=O)N(C1[CH][C@@H](O)[C@@H](CO)O1)C2. The van der Waals surface area contributed by atoms with Crippen molar-refractivity contribution < 1.29 is 19.7 Å². The van der Waals surface area contributed by atoms with E-state index in [-0.39, 0.29) is 12.6 Å². The van der Waals surface area contributed by atoms with E-state index in [1.807, 2.05) is 13.0 Å². The molecule has 8 nitrogen and oxygen atoms in total. The number of carbonyl (C=O) groups is 1. The number of nitrogens with zero attached hydrogens (tertiary/aromatic N) is 3. The maximum Gasteiger partial charge on any atom is 0.325 e. The largest absolute Gasteiger partial charge is 0.394 e. The van der Waals surface area contributed by atoms with Crippen LogP contribution in [0.4, 0.5) is 10.6 Å². The molecule has 1 saturated heterocycles. The molecule has 0 spiro atoms. The van der Waals surface area contributed by atoms with E-state index in [9.17, 15) is 9.90 Å². The molecule has 0 aromatic carbocycles. The third-order valence-corrected chi connectivity index (χ3v) is 3.37. The molecule has 1 aromatic heterocycles. The van der Waals surface area contributed by atoms with Crippen LogP contribution in [0, 0.1) is 13.3 Å². The number of hydrogen-bond acceptors (Lipinski definition) is 6. The first-order valence-electron chi connectivity index (χ1n) is 6.28. The summed E-state index contributed by atoms with van der Waals surface area (Å²) in [5.41, 5.74) is 1.58. The van der Waals surface area contributed by atoms with Crippen molar-refractivity contribution in [1.82, 2.24) is 15.1 Å². The topological polar surface area (TPSA) is 108 Å². The molecule has 107 valence electrons. The van der Waals surface area contributed by atoms with Gasteiger partial charge >= 0.3 is 6.03 Å². The quantitative estimate of drug-likeness (QED) is 0.668. The fraction of sp³-hybridized carbons (Fsp3) is 0.500. The monoisotopic (exact) mass is 279 g/mol. The average Bonchev–Trinajstić information content (AvgIpc) is 2.79. The maximum atomic E-state index is 12.0. The number of aromatic nitrogens is 2. The number of hydrogen-bond donors (Lipinski definition) is 3. The summed E-state index contributed by atoms with van der Waals surface area (Å²) >= 11 is 0. The van der Waals surface area contributed by atoms with Crippen LogP contribution in [0.1, 0.15) is 11.3 Å². The number of carbonyl (C=O) groups excluding carboxylic acids is 1. The van der Waals surface area contributed by atoms with Crippen molar-refractivity contribution in [2.24, 2.45) is 0 Å². The number of aliphatic hydroxyl groups excluding tert-OH is 2. The molecule has 8 heteroatoms. The molecule has 1 radical (unpaired) electrons. The van der Waals surface area contributed by atoms with Gasteiger partial charge in [0, 0.05) is 12.0 Å². The summed E-state index contributed by atoms with van der Waals surface area (Å²) < 4.78 is 5.45. The molecule has 3 atom stereocenters. The fourth-order valence-electron chi connectivity index (χ4n) is 2.33. The zero-order chi connectivity index (χ0) is 14.3. The van der Waals surface area contributed by atoms with Gasteiger partial charge in [-0.15, -0.1) is 5.10 Å². The zero-order valence-electron chi connectivity index (χ0n) is 10.9. The number of nitrogens with one attached hydrogen (secondary N) is 1. The van der Waals surface area contributed by atoms with Crippen LogP contribution < -0.4 is 5.32 Å². The van der Waals surface area contributed by atoms with Crippen LogP contribution in [0.3, 0.4) is 0 Å². The van der Waals surface area contributed by atoms with Crippen molar-refractivity contribution in [2.75, 3.05) is 11.9 Å². The molecule has 2 aliphatic heterocycles. The van der Waals surface area contributed by atoms with Crippen molar-refractivity contribution >= 4 is 11.8 Å². The first-order chi connectivity index (χ1) is 9.58. The highest BCUT2D eigenvalue weighted by atomic mass is 16.5. The Hall–Kier alpha value is -1.77. The van der Waals surface area contributed by atoms with Gasteiger partial charge in [0.1, 0.15) is 12.3 Å². The lowest BCUT2D eigenvalue weighted by atomic mass is 10.1. The molecule has 0 bridgehead atoms. The molecule has 3 heterocycles. The van der Waals surface area contributed by atoms with Gasteiger partial charge in [-0.3, -0.25) is 10.2 Å². The van der Waals surface area contributed by atoms with Crippen LogP contribution in [0.5, 0.6) is 0 Å². The lowest BCUT2D eigenvalue weighted by molar-refractivity contribution is -0.0629. The van der Waals surface area contributed by atoms with Gasteiger partial charge in [0.05, 0.1) is 24.9 Å². The van der Waals surface area contributed by atoms with E-state index >= 15 is 0 Å². The van der Waals surface area contributed by atoms with Gasteiger partial charge in [-0.1, -0.05) is 0 Å². The number of rotatable bonds is 2. The molecule has 2 aliphatic rings. The van der Waals surface area contributed by atoms with Crippen molar-refractivity contribution in [1.29, 1.82) is 0 Å². The predicted molar refractivity (Wildman–Crippen MR) is 67.4 cm³/mol. The minimum absolute atomic E-state index is 0.301. The van der Waals surface area contributed by atoms with Crippen LogP contribution in [0.2, 0.25) is 0 Å². The number of aliphatic hydroxyl groups is 2. The first-order valence-corrected chi connectivity index (χ1v) is 6.28. The number of amides is 2. The molecular weight excluding hydrogens is 264 g/mol. The Kier molecular flexibility index (Phi) is 3.28. The summed E-state index contributed by atoms with van der Waals surface area (Å²) in [6.07, 6.45) is -0.779. The normalized spacial score (nSPS) is 29.2. The van der Waals surface area contributed by atoms with Crippen LogP contribution in [-0.2, 0) is 11.3 Å². The second-order valence-electron chi connectivity index (χ2n) is 4.85. The Balaban J connectivity index is 1.80. The summed E-state index contributed by atoms with van der Waals surface area (Å²) in [5, 5.41) is 29.2. The summed E-state index contributed by atoms with van der Waals surface area (Å²) in [4.78, 5) is 13.5. The predicted octanol–water partition coefficient (Wildman–Crippen LogP) is -0.585. The Morgan fingerprint density at radius 2 is 2.35 bits per heavy atom. The van der Waals surface area contributed by atoms with Gasteiger partial charge in [-0.2, -0.15) is 5.10 Å². The van der Waals surface area contributed by atoms with Gasteiger partial charge in [-0.05, 0) is 13.0 Å². The minimum atomic E-state index is -0.892. The van der Waals surface area contributed by atoms with E-state index < -0.39 is 18.4 Å². The average molecular weight is 279 g/mol. The van der Waals surface area contributed by atoms with E-state index in [1.165, 1.54) is 11.3 Å². The second-order valence-corrected chi connectivity index (χ2v) is 4.85. The minimum Gasteiger partial charge on any atom is -0.394 e. The fourth-order valence-corrected chi connectivity index (χ4v) is 2.33. The Bertz CT molecular complexity index is 538. The summed E-state index contributed by atoms with van der Waals surface area (Å²) in [7, 11) is 0. The number of anilines is 1. The third kappa shape index (κ3) is 2.21. The smallest absolute Gasteiger partial charge is 0.325 e. The number of ether oxygens (including phenoxy) is 1. The lowest BCUT2D eigenvalue weighted by Gasteiger charge is -2.32. The first kappa shape index (κ1) is 13.2. The lowest BCUT2D eigenvalue weighted by Crippen LogP contribution is -2.46. The number of urea groups is 1. The van der Waals surface area contributed by atoms with Crippen molar-refractivity contribution in [3.63, 3.8) is 0 Å². The Morgan fingerprint density at radius 3 is 3.05 bits per heavy atom. The van der Waals surface area contributed by atoms with E-state index in [4.69, 9.17) is 9.84 Å². The third-order valence-electron chi connectivity index (χ3n) is 3.37. The highest BCUT2D eigenvalue weighted by Crippen LogP contribution is 2.28. The molecule has 1 fully saturated rings. The van der Waals surface area contributed by atoms with Gasteiger partial charge < -0.3 is 14.9 Å². The molecule has 3 rings (SSSR count). The summed E-state index contributed by atoms with van der Waals surface area (Å²) in [6.45, 7) is 1.83. The second kappa shape index (κ2) is 4.97. The molecular formula is C12H15N4O4. The molecule has 1 aromatic rings. The van der Waals surface area contributed by atoms with Gasteiger partial charge in [0.2, 0.25) is 0 Å². The molecule has 3 N–H and O–H groups in total. The van der Waals surface area contributed by atoms with Crippen LogP contribution in [-0.4, -0.2) is 56.4 Å². The van der Waals surface area contributed by atoms with E-state index in [0.717, 1.165) is 11.3 Å². The number of aryl methyl sites for hydroxylation is 1. The molecule has 1 unspecified atom stereocenters. The number of fused-ring (bicyclic) bond motifs is 1. The van der Waals surface area contributed by atoms with Crippen molar-refractivity contribution in [3.05, 3.63) is 23.7 Å². The summed E-state index contributed by atoms with van der Waals surface area (Å²) in [6, 6.07) is 1.46. The molecule has 20 heavy (non-hydrogen) atoms. The Morgan fingerprint density at radius 1 is 1.55 bits per heavy atom. The zero-order valence-corrected chi connectivity index (χ0v) is 10.9.